The Balaban J connectivity index is 1.53. The van der Waals surface area contributed by atoms with Gasteiger partial charge in [0.05, 0.1) is 0 Å². The molecule has 4 aromatic rings. The zero-order valence-electron chi connectivity index (χ0n) is 19.5. The van der Waals surface area contributed by atoms with Crippen LogP contribution in [0.15, 0.2) is 115 Å². The monoisotopic (exact) mass is 496 g/mol. The van der Waals surface area contributed by atoms with Crippen molar-refractivity contribution in [3.63, 3.8) is 0 Å². The standard InChI is InChI=1S/C30H25ClN2O3/c31-25-16-14-24(15-17-25)29(34)33-28(30(35)32-19-18-22-8-3-1-4-9-22)21-23-10-7-13-27(20-23)36-26-11-5-2-6-12-26/h1-17,20-21H,18-19H2,(H,32,35)(H,33,34)/b28-21-. The molecule has 0 spiro atoms. The van der Waals surface area contributed by atoms with Gasteiger partial charge in [-0.1, -0.05) is 72.3 Å². The van der Waals surface area contributed by atoms with E-state index in [-0.39, 0.29) is 11.6 Å². The van der Waals surface area contributed by atoms with Gasteiger partial charge in [0.25, 0.3) is 11.8 Å². The molecule has 0 bridgehead atoms. The Labute approximate surface area is 215 Å². The molecule has 0 aromatic heterocycles. The Morgan fingerprint density at radius 1 is 0.778 bits per heavy atom. The van der Waals surface area contributed by atoms with Crippen molar-refractivity contribution >= 4 is 29.5 Å². The van der Waals surface area contributed by atoms with Crippen molar-refractivity contribution in [2.24, 2.45) is 0 Å². The lowest BCUT2D eigenvalue weighted by atomic mass is 10.1. The second-order valence-electron chi connectivity index (χ2n) is 8.00. The van der Waals surface area contributed by atoms with E-state index in [2.05, 4.69) is 10.6 Å². The van der Waals surface area contributed by atoms with Crippen molar-refractivity contribution in [1.29, 1.82) is 0 Å². The van der Waals surface area contributed by atoms with Gasteiger partial charge in [0.1, 0.15) is 17.2 Å². The molecule has 4 rings (SSSR count). The molecule has 36 heavy (non-hydrogen) atoms. The third kappa shape index (κ3) is 7.32. The zero-order chi connectivity index (χ0) is 25.2. The lowest BCUT2D eigenvalue weighted by molar-refractivity contribution is -0.117. The molecule has 0 aliphatic carbocycles. The van der Waals surface area contributed by atoms with Crippen molar-refractivity contribution in [2.75, 3.05) is 6.54 Å². The molecular formula is C30H25ClN2O3. The van der Waals surface area contributed by atoms with Crippen LogP contribution in [0.4, 0.5) is 0 Å². The molecule has 2 amide bonds. The molecule has 0 aliphatic heterocycles. The first-order valence-electron chi connectivity index (χ1n) is 11.5. The smallest absolute Gasteiger partial charge is 0.267 e. The lowest BCUT2D eigenvalue weighted by Gasteiger charge is -2.12. The fourth-order valence-corrected chi connectivity index (χ4v) is 3.60. The average molecular weight is 497 g/mol. The summed E-state index contributed by atoms with van der Waals surface area (Å²) in [4.78, 5) is 26.0. The molecule has 0 saturated carbocycles. The first kappa shape index (κ1) is 24.8. The minimum atomic E-state index is -0.409. The van der Waals surface area contributed by atoms with E-state index in [1.165, 1.54) is 0 Å². The Bertz CT molecular complexity index is 1340. The number of hydrogen-bond acceptors (Lipinski definition) is 3. The minimum Gasteiger partial charge on any atom is -0.457 e. The molecule has 4 aromatic carbocycles. The fourth-order valence-electron chi connectivity index (χ4n) is 3.47. The summed E-state index contributed by atoms with van der Waals surface area (Å²) < 4.78 is 5.91. The highest BCUT2D eigenvalue weighted by Gasteiger charge is 2.15. The number of hydrogen-bond donors (Lipinski definition) is 2. The van der Waals surface area contributed by atoms with Crippen LogP contribution in [0.5, 0.6) is 11.5 Å². The second-order valence-corrected chi connectivity index (χ2v) is 8.43. The van der Waals surface area contributed by atoms with Crippen molar-refractivity contribution in [3.8, 4) is 11.5 Å². The summed E-state index contributed by atoms with van der Waals surface area (Å²) in [5.74, 6) is 0.520. The SMILES string of the molecule is O=C(NCCc1ccccc1)/C(=C/c1cccc(Oc2ccccc2)c1)NC(=O)c1ccc(Cl)cc1. The minimum absolute atomic E-state index is 0.125. The molecule has 0 atom stereocenters. The summed E-state index contributed by atoms with van der Waals surface area (Å²) in [5, 5.41) is 6.17. The number of carbonyl (C=O) groups excluding carboxylic acids is 2. The van der Waals surface area contributed by atoms with Gasteiger partial charge >= 0.3 is 0 Å². The van der Waals surface area contributed by atoms with Gasteiger partial charge in [0.2, 0.25) is 0 Å². The number of nitrogens with one attached hydrogen (secondary N) is 2. The molecule has 0 aliphatic rings. The lowest BCUT2D eigenvalue weighted by Crippen LogP contribution is -2.35. The topological polar surface area (TPSA) is 67.4 Å². The van der Waals surface area contributed by atoms with E-state index in [0.29, 0.717) is 40.6 Å². The molecule has 5 nitrogen and oxygen atoms in total. The van der Waals surface area contributed by atoms with Crippen molar-refractivity contribution in [1.82, 2.24) is 10.6 Å². The van der Waals surface area contributed by atoms with Gasteiger partial charge in [0.15, 0.2) is 0 Å². The van der Waals surface area contributed by atoms with Crippen LogP contribution in [0.2, 0.25) is 5.02 Å². The van der Waals surface area contributed by atoms with Crippen LogP contribution in [0.3, 0.4) is 0 Å². The zero-order valence-corrected chi connectivity index (χ0v) is 20.2. The first-order valence-corrected chi connectivity index (χ1v) is 11.9. The van der Waals surface area contributed by atoms with Gasteiger partial charge in [-0.25, -0.2) is 0 Å². The maximum absolute atomic E-state index is 13.1. The van der Waals surface area contributed by atoms with Crippen LogP contribution in [0, 0.1) is 0 Å². The van der Waals surface area contributed by atoms with Gasteiger partial charge < -0.3 is 15.4 Å². The highest BCUT2D eigenvalue weighted by Crippen LogP contribution is 2.23. The maximum Gasteiger partial charge on any atom is 0.267 e. The number of benzene rings is 4. The normalized spacial score (nSPS) is 11.0. The Hall–Kier alpha value is -4.35. The Morgan fingerprint density at radius 3 is 2.17 bits per heavy atom. The van der Waals surface area contributed by atoms with Crippen molar-refractivity contribution in [2.45, 2.75) is 6.42 Å². The van der Waals surface area contributed by atoms with E-state index in [4.69, 9.17) is 16.3 Å². The average Bonchev–Trinajstić information content (AvgIpc) is 2.90. The summed E-state index contributed by atoms with van der Waals surface area (Å²) in [5.41, 5.74) is 2.33. The van der Waals surface area contributed by atoms with E-state index in [1.807, 2.05) is 78.9 Å². The second kappa shape index (κ2) is 12.4. The molecule has 6 heteroatoms. The van der Waals surface area contributed by atoms with Gasteiger partial charge in [-0.3, -0.25) is 9.59 Å². The van der Waals surface area contributed by atoms with Crippen LogP contribution >= 0.6 is 11.6 Å². The number of rotatable bonds is 9. The van der Waals surface area contributed by atoms with Crippen LogP contribution in [-0.4, -0.2) is 18.4 Å². The van der Waals surface area contributed by atoms with Crippen molar-refractivity contribution in [3.05, 3.63) is 137 Å². The molecule has 0 unspecified atom stereocenters. The first-order chi connectivity index (χ1) is 17.6. The summed E-state index contributed by atoms with van der Waals surface area (Å²) in [6, 6.07) is 33.1. The van der Waals surface area contributed by atoms with Gasteiger partial charge in [-0.2, -0.15) is 0 Å². The number of ether oxygens (including phenoxy) is 1. The fraction of sp³-hybridized carbons (Fsp3) is 0.0667. The van der Waals surface area contributed by atoms with E-state index < -0.39 is 5.91 Å². The molecule has 0 saturated heterocycles. The van der Waals surface area contributed by atoms with Gasteiger partial charge in [0, 0.05) is 17.1 Å². The molecule has 2 N–H and O–H groups in total. The number of carbonyl (C=O) groups is 2. The molecule has 0 fully saturated rings. The number of halogens is 1. The van der Waals surface area contributed by atoms with E-state index >= 15 is 0 Å². The number of amides is 2. The summed E-state index contributed by atoms with van der Waals surface area (Å²) >= 11 is 5.94. The Kier molecular flexibility index (Phi) is 8.52. The number of para-hydroxylation sites is 1. The third-order valence-electron chi connectivity index (χ3n) is 5.29. The molecule has 0 heterocycles. The van der Waals surface area contributed by atoms with Crippen LogP contribution in [-0.2, 0) is 11.2 Å². The largest absolute Gasteiger partial charge is 0.457 e. The van der Waals surface area contributed by atoms with Crippen LogP contribution < -0.4 is 15.4 Å². The van der Waals surface area contributed by atoms with Crippen molar-refractivity contribution < 1.29 is 14.3 Å². The molecular weight excluding hydrogens is 472 g/mol. The maximum atomic E-state index is 13.1. The summed E-state index contributed by atoms with van der Waals surface area (Å²) in [7, 11) is 0. The van der Waals surface area contributed by atoms with E-state index in [0.717, 1.165) is 5.56 Å². The van der Waals surface area contributed by atoms with Crippen LogP contribution in [0.1, 0.15) is 21.5 Å². The predicted molar refractivity (Wildman–Crippen MR) is 143 cm³/mol. The summed E-state index contributed by atoms with van der Waals surface area (Å²) in [6.07, 6.45) is 2.30. The quantitative estimate of drug-likeness (QED) is 0.269. The van der Waals surface area contributed by atoms with E-state index in [1.54, 1.807) is 36.4 Å². The van der Waals surface area contributed by atoms with Gasteiger partial charge in [-0.05, 0) is 72.2 Å². The predicted octanol–water partition coefficient (Wildman–Crippen LogP) is 6.26. The van der Waals surface area contributed by atoms with E-state index in [9.17, 15) is 9.59 Å². The molecule has 180 valence electrons. The van der Waals surface area contributed by atoms with Gasteiger partial charge in [-0.15, -0.1) is 0 Å². The molecule has 0 radical (unpaired) electrons. The highest BCUT2D eigenvalue weighted by atomic mass is 35.5. The van der Waals surface area contributed by atoms with Crippen LogP contribution in [0.25, 0.3) is 6.08 Å². The highest BCUT2D eigenvalue weighted by molar-refractivity contribution is 6.30. The summed E-state index contributed by atoms with van der Waals surface area (Å²) in [6.45, 7) is 0.425. The Morgan fingerprint density at radius 2 is 1.44 bits per heavy atom. The third-order valence-corrected chi connectivity index (χ3v) is 5.54.